The van der Waals surface area contributed by atoms with Gasteiger partial charge >= 0.3 is 5.97 Å². The topological polar surface area (TPSA) is 78.7 Å². The Balaban J connectivity index is 1.72. The van der Waals surface area contributed by atoms with Crippen molar-refractivity contribution >= 4 is 18.2 Å². The molecule has 0 bridgehead atoms. The van der Waals surface area contributed by atoms with Crippen LogP contribution in [-0.2, 0) is 15.5 Å². The molecule has 4 atom stereocenters. The minimum Gasteiger partial charge on any atom is -0.481 e. The Bertz CT molecular complexity index is 1120. The number of carboxylic acid groups (broad SMARTS) is 1. The second-order valence-corrected chi connectivity index (χ2v) is 11.5. The van der Waals surface area contributed by atoms with Gasteiger partial charge in [0, 0.05) is 43.2 Å². The van der Waals surface area contributed by atoms with Gasteiger partial charge in [0.05, 0.1) is 24.2 Å². The Kier molecular flexibility index (Phi) is 8.55. The number of aliphatic carboxylic acids is 1. The maximum atomic E-state index is 14.6. The number of hydrogen-bond donors (Lipinski definition) is 1. The first-order chi connectivity index (χ1) is 18.0. The van der Waals surface area contributed by atoms with E-state index in [0.29, 0.717) is 41.7 Å². The van der Waals surface area contributed by atoms with Gasteiger partial charge in [0.1, 0.15) is 0 Å². The van der Waals surface area contributed by atoms with E-state index < -0.39 is 17.9 Å². The maximum absolute atomic E-state index is 14.6. The zero-order valence-corrected chi connectivity index (χ0v) is 22.8. The Morgan fingerprint density at radius 3 is 2.42 bits per heavy atom. The number of carbonyl (C=O) groups is 2. The van der Waals surface area contributed by atoms with Crippen LogP contribution in [0.3, 0.4) is 0 Å². The highest BCUT2D eigenvalue weighted by Crippen LogP contribution is 2.40. The van der Waals surface area contributed by atoms with Gasteiger partial charge in [-0.15, -0.1) is 0 Å². The van der Waals surface area contributed by atoms with Crippen LogP contribution in [0.1, 0.15) is 77.8 Å². The van der Waals surface area contributed by atoms with E-state index in [1.165, 1.54) is 11.0 Å². The third-order valence-electron chi connectivity index (χ3n) is 8.50. The van der Waals surface area contributed by atoms with E-state index in [9.17, 15) is 23.5 Å². The molecule has 2 aromatic rings. The predicted octanol–water partition coefficient (Wildman–Crippen LogP) is 5.95. The molecule has 0 radical (unpaired) electrons. The van der Waals surface area contributed by atoms with E-state index in [1.807, 2.05) is 0 Å². The minimum atomic E-state index is -3.06. The molecule has 2 heterocycles. The van der Waals surface area contributed by atoms with Gasteiger partial charge in [-0.05, 0) is 38.0 Å². The second kappa shape index (κ2) is 11.5. The molecule has 2 fully saturated rings. The quantitative estimate of drug-likeness (QED) is 0.363. The Morgan fingerprint density at radius 2 is 1.84 bits per heavy atom. The first-order valence-corrected chi connectivity index (χ1v) is 13.8. The maximum Gasteiger partial charge on any atom is 0.305 e. The molecule has 38 heavy (non-hydrogen) atoms. The molecule has 1 aromatic heterocycles. The van der Waals surface area contributed by atoms with Gasteiger partial charge in [-0.3, -0.25) is 19.2 Å². The lowest BCUT2D eigenvalue weighted by Gasteiger charge is -2.32. The standard InChI is InChI=1S/C29H40F2N4O3/c1-19-16-33(17-20(19)2)21(3)13-23(14-28(37)38)34(18-36)27-15-26(35(32-27)22-9-5-6-10-22)24-11-7-8-12-25(24)29(4,30)31/h7-8,11-12,15,18-23H,5-6,9-10,13-14,16-17H2,1-4H3,(H,37,38)/t19-,20-,21?,23-/m0/s1. The van der Waals surface area contributed by atoms with Crippen LogP contribution < -0.4 is 4.90 Å². The van der Waals surface area contributed by atoms with Crippen LogP contribution in [0.5, 0.6) is 0 Å². The second-order valence-electron chi connectivity index (χ2n) is 11.5. The first kappa shape index (κ1) is 28.2. The predicted molar refractivity (Wildman–Crippen MR) is 143 cm³/mol. The van der Waals surface area contributed by atoms with Crippen LogP contribution >= 0.6 is 0 Å². The summed E-state index contributed by atoms with van der Waals surface area (Å²) in [6.07, 6.45) is 4.68. The number of benzene rings is 1. The number of carbonyl (C=O) groups excluding carboxylic acids is 1. The SMILES string of the molecule is CC(C[C@@H](CC(=O)O)N(C=O)c1cc(-c2ccccc2C(C)(F)F)n(C2CCCC2)n1)N1C[C@H](C)[C@@H](C)C1. The smallest absolute Gasteiger partial charge is 0.305 e. The van der Waals surface area contributed by atoms with Gasteiger partial charge in [0.25, 0.3) is 5.92 Å². The highest BCUT2D eigenvalue weighted by molar-refractivity contribution is 5.79. The van der Waals surface area contributed by atoms with Crippen molar-refractivity contribution in [3.05, 3.63) is 35.9 Å². The van der Waals surface area contributed by atoms with Crippen LogP contribution in [-0.4, -0.2) is 57.3 Å². The Labute approximate surface area is 223 Å². The molecule has 2 aliphatic rings. The van der Waals surface area contributed by atoms with Crippen LogP contribution in [0.25, 0.3) is 11.3 Å². The zero-order valence-electron chi connectivity index (χ0n) is 22.8. The van der Waals surface area contributed by atoms with Crippen LogP contribution in [0.4, 0.5) is 14.6 Å². The summed E-state index contributed by atoms with van der Waals surface area (Å²) < 4.78 is 31.0. The van der Waals surface area contributed by atoms with E-state index in [4.69, 9.17) is 5.10 Å². The minimum absolute atomic E-state index is 0.0372. The molecule has 9 heteroatoms. The summed E-state index contributed by atoms with van der Waals surface area (Å²) in [6.45, 7) is 9.27. The van der Waals surface area contributed by atoms with Gasteiger partial charge in [-0.25, -0.2) is 8.78 Å². The van der Waals surface area contributed by atoms with E-state index in [2.05, 4.69) is 25.7 Å². The van der Waals surface area contributed by atoms with Gasteiger partial charge in [-0.1, -0.05) is 51.0 Å². The van der Waals surface area contributed by atoms with Gasteiger partial charge in [0.2, 0.25) is 6.41 Å². The first-order valence-electron chi connectivity index (χ1n) is 13.8. The highest BCUT2D eigenvalue weighted by Gasteiger charge is 2.35. The fourth-order valence-corrected chi connectivity index (χ4v) is 6.13. The molecule has 1 aromatic carbocycles. The van der Waals surface area contributed by atoms with Crippen molar-refractivity contribution in [3.63, 3.8) is 0 Å². The lowest BCUT2D eigenvalue weighted by Crippen LogP contribution is -2.42. The number of anilines is 1. The summed E-state index contributed by atoms with van der Waals surface area (Å²) in [7, 11) is 0. The van der Waals surface area contributed by atoms with E-state index >= 15 is 0 Å². The summed E-state index contributed by atoms with van der Waals surface area (Å²) in [5.41, 5.74) is 0.802. The molecule has 4 rings (SSSR count). The number of halogens is 2. The van der Waals surface area contributed by atoms with Gasteiger partial charge in [0.15, 0.2) is 5.82 Å². The number of carboxylic acids is 1. The lowest BCUT2D eigenvalue weighted by atomic mass is 9.99. The van der Waals surface area contributed by atoms with Crippen molar-refractivity contribution in [2.75, 3.05) is 18.0 Å². The molecule has 1 aliphatic heterocycles. The number of hydrogen-bond acceptors (Lipinski definition) is 4. The van der Waals surface area contributed by atoms with Gasteiger partial charge in [-0.2, -0.15) is 5.10 Å². The molecular weight excluding hydrogens is 490 g/mol. The van der Waals surface area contributed by atoms with Crippen LogP contribution in [0.15, 0.2) is 30.3 Å². The van der Waals surface area contributed by atoms with E-state index in [0.717, 1.165) is 45.7 Å². The fourth-order valence-electron chi connectivity index (χ4n) is 6.13. The number of aromatic nitrogens is 2. The molecule has 1 N–H and O–H groups in total. The monoisotopic (exact) mass is 530 g/mol. The number of amides is 1. The molecule has 0 spiro atoms. The summed E-state index contributed by atoms with van der Waals surface area (Å²) in [6, 6.07) is 7.57. The molecule has 1 amide bonds. The molecule has 1 unspecified atom stereocenters. The Morgan fingerprint density at radius 1 is 1.21 bits per heavy atom. The fraction of sp³-hybridized carbons (Fsp3) is 0.621. The number of alkyl halides is 2. The van der Waals surface area contributed by atoms with Crippen LogP contribution in [0, 0.1) is 11.8 Å². The summed E-state index contributed by atoms with van der Waals surface area (Å²) in [5.74, 6) is -2.64. The average molecular weight is 531 g/mol. The molecule has 208 valence electrons. The number of likely N-dealkylation sites (tertiary alicyclic amines) is 1. The van der Waals surface area contributed by atoms with E-state index in [1.54, 1.807) is 28.9 Å². The lowest BCUT2D eigenvalue weighted by molar-refractivity contribution is -0.137. The molecule has 1 saturated heterocycles. The van der Waals surface area contributed by atoms with Gasteiger partial charge < -0.3 is 10.0 Å². The van der Waals surface area contributed by atoms with Crippen molar-refractivity contribution in [2.24, 2.45) is 11.8 Å². The average Bonchev–Trinajstić information content (AvgIpc) is 3.59. The van der Waals surface area contributed by atoms with Crippen molar-refractivity contribution in [1.82, 2.24) is 14.7 Å². The van der Waals surface area contributed by atoms with Crippen molar-refractivity contribution in [2.45, 2.75) is 90.3 Å². The third-order valence-corrected chi connectivity index (χ3v) is 8.50. The highest BCUT2D eigenvalue weighted by atomic mass is 19.3. The number of rotatable bonds is 11. The zero-order chi connectivity index (χ0) is 27.6. The van der Waals surface area contributed by atoms with E-state index in [-0.39, 0.29) is 24.1 Å². The molecular formula is C29H40F2N4O3. The number of nitrogens with zero attached hydrogens (tertiary/aromatic N) is 4. The normalized spacial score (nSPS) is 22.5. The van der Waals surface area contributed by atoms with Crippen molar-refractivity contribution in [3.8, 4) is 11.3 Å². The summed E-state index contributed by atoms with van der Waals surface area (Å²) in [5, 5.41) is 14.5. The molecule has 1 saturated carbocycles. The summed E-state index contributed by atoms with van der Waals surface area (Å²) in [4.78, 5) is 28.1. The molecule has 7 nitrogen and oxygen atoms in total. The summed E-state index contributed by atoms with van der Waals surface area (Å²) >= 11 is 0. The van der Waals surface area contributed by atoms with Crippen molar-refractivity contribution < 1.29 is 23.5 Å². The molecule has 1 aliphatic carbocycles. The largest absolute Gasteiger partial charge is 0.481 e. The third kappa shape index (κ3) is 6.08. The van der Waals surface area contributed by atoms with Crippen LogP contribution in [0.2, 0.25) is 0 Å². The Hall–Kier alpha value is -2.81. The van der Waals surface area contributed by atoms with Crippen molar-refractivity contribution in [1.29, 1.82) is 0 Å².